The van der Waals surface area contributed by atoms with Crippen molar-refractivity contribution in [1.82, 2.24) is 20.0 Å². The summed E-state index contributed by atoms with van der Waals surface area (Å²) < 4.78 is 1.98. The van der Waals surface area contributed by atoms with Crippen molar-refractivity contribution in [2.45, 2.75) is 45.3 Å². The topological polar surface area (TPSA) is 50.2 Å². The quantitative estimate of drug-likeness (QED) is 0.879. The van der Waals surface area contributed by atoms with E-state index < -0.39 is 0 Å². The fourth-order valence-electron chi connectivity index (χ4n) is 3.74. The third-order valence-electron chi connectivity index (χ3n) is 5.74. The number of aromatic nitrogens is 2. The molecule has 4 rings (SSSR count). The molecular weight excluding hydrogens is 312 g/mol. The Hall–Kier alpha value is -2.14. The number of carbonyl (C=O) groups excluding carboxylic acids is 1. The standard InChI is InChI=1S/C20H26N4O/c1-16(23-12-7-17-5-2-3-6-18(17)13-23)19(25)21-14-20(8-9-20)15-24-11-4-10-22-24/h2-6,10-11,16H,7-9,12-15H2,1H3,(H,21,25)/t16-/m1/s1. The highest BCUT2D eigenvalue weighted by atomic mass is 16.2. The van der Waals surface area contributed by atoms with Crippen molar-refractivity contribution in [2.24, 2.45) is 5.41 Å². The Morgan fingerprint density at radius 1 is 1.28 bits per heavy atom. The highest BCUT2D eigenvalue weighted by Crippen LogP contribution is 2.46. The van der Waals surface area contributed by atoms with E-state index in [4.69, 9.17) is 0 Å². The van der Waals surface area contributed by atoms with Gasteiger partial charge in [-0.3, -0.25) is 14.4 Å². The SMILES string of the molecule is C[C@H](C(=O)NCC1(Cn2cccn2)CC1)N1CCc2ccccc2C1. The molecule has 1 atom stereocenters. The molecule has 0 saturated heterocycles. The predicted octanol–water partition coefficient (Wildman–Crippen LogP) is 2.23. The van der Waals surface area contributed by atoms with Gasteiger partial charge in [0, 0.05) is 44.0 Å². The number of hydrogen-bond donors (Lipinski definition) is 1. The summed E-state index contributed by atoms with van der Waals surface area (Å²) in [4.78, 5) is 14.9. The second kappa shape index (κ2) is 6.64. The average Bonchev–Trinajstić information content (AvgIpc) is 3.21. The number of nitrogens with one attached hydrogen (secondary N) is 1. The van der Waals surface area contributed by atoms with Crippen LogP contribution in [0.15, 0.2) is 42.7 Å². The molecule has 1 aliphatic carbocycles. The summed E-state index contributed by atoms with van der Waals surface area (Å²) in [5.74, 6) is 0.145. The zero-order chi connectivity index (χ0) is 17.3. The molecule has 1 saturated carbocycles. The lowest BCUT2D eigenvalue weighted by Gasteiger charge is -2.33. The van der Waals surface area contributed by atoms with Crippen LogP contribution < -0.4 is 5.32 Å². The van der Waals surface area contributed by atoms with E-state index in [1.807, 2.05) is 30.1 Å². The first-order chi connectivity index (χ1) is 12.2. The lowest BCUT2D eigenvalue weighted by atomic mass is 9.98. The summed E-state index contributed by atoms with van der Waals surface area (Å²) in [6, 6.07) is 10.4. The molecule has 1 N–H and O–H groups in total. The van der Waals surface area contributed by atoms with E-state index >= 15 is 0 Å². The van der Waals surface area contributed by atoms with E-state index in [2.05, 4.69) is 39.6 Å². The van der Waals surface area contributed by atoms with E-state index in [-0.39, 0.29) is 17.4 Å². The molecule has 1 amide bonds. The first-order valence-electron chi connectivity index (χ1n) is 9.21. The highest BCUT2D eigenvalue weighted by molar-refractivity contribution is 5.81. The van der Waals surface area contributed by atoms with Crippen molar-refractivity contribution in [3.8, 4) is 0 Å². The number of benzene rings is 1. The molecule has 1 aliphatic heterocycles. The van der Waals surface area contributed by atoms with Gasteiger partial charge < -0.3 is 5.32 Å². The van der Waals surface area contributed by atoms with Crippen molar-refractivity contribution < 1.29 is 4.79 Å². The Morgan fingerprint density at radius 3 is 2.80 bits per heavy atom. The third kappa shape index (κ3) is 3.61. The zero-order valence-corrected chi connectivity index (χ0v) is 14.8. The summed E-state index contributed by atoms with van der Waals surface area (Å²) in [7, 11) is 0. The van der Waals surface area contributed by atoms with E-state index in [1.165, 1.54) is 24.0 Å². The lowest BCUT2D eigenvalue weighted by molar-refractivity contribution is -0.126. The lowest BCUT2D eigenvalue weighted by Crippen LogP contribution is -2.48. The smallest absolute Gasteiger partial charge is 0.237 e. The van der Waals surface area contributed by atoms with E-state index in [0.717, 1.165) is 32.6 Å². The molecule has 25 heavy (non-hydrogen) atoms. The molecule has 132 valence electrons. The largest absolute Gasteiger partial charge is 0.354 e. The average molecular weight is 338 g/mol. The van der Waals surface area contributed by atoms with E-state index in [1.54, 1.807) is 0 Å². The molecule has 0 radical (unpaired) electrons. The Kier molecular flexibility index (Phi) is 4.34. The monoisotopic (exact) mass is 338 g/mol. The van der Waals surface area contributed by atoms with Crippen molar-refractivity contribution >= 4 is 5.91 Å². The van der Waals surface area contributed by atoms with Crippen molar-refractivity contribution in [2.75, 3.05) is 13.1 Å². The summed E-state index contributed by atoms with van der Waals surface area (Å²) in [6.45, 7) is 5.48. The van der Waals surface area contributed by atoms with Gasteiger partial charge in [0.25, 0.3) is 0 Å². The number of rotatable bonds is 6. The van der Waals surface area contributed by atoms with Crippen LogP contribution in [-0.4, -0.2) is 39.7 Å². The summed E-state index contributed by atoms with van der Waals surface area (Å²) in [6.07, 6.45) is 7.16. The Balaban J connectivity index is 1.31. The number of amides is 1. The molecule has 2 heterocycles. The maximum atomic E-state index is 12.7. The first kappa shape index (κ1) is 16.3. The Bertz CT molecular complexity index is 736. The maximum Gasteiger partial charge on any atom is 0.237 e. The number of hydrogen-bond acceptors (Lipinski definition) is 3. The van der Waals surface area contributed by atoms with Crippen LogP contribution in [0.3, 0.4) is 0 Å². The van der Waals surface area contributed by atoms with E-state index in [9.17, 15) is 4.79 Å². The van der Waals surface area contributed by atoms with Gasteiger partial charge in [0.2, 0.25) is 5.91 Å². The molecule has 1 aromatic carbocycles. The zero-order valence-electron chi connectivity index (χ0n) is 14.8. The first-order valence-corrected chi connectivity index (χ1v) is 9.21. The van der Waals surface area contributed by atoms with Gasteiger partial charge in [-0.15, -0.1) is 0 Å². The van der Waals surface area contributed by atoms with Gasteiger partial charge in [-0.05, 0) is 43.4 Å². The van der Waals surface area contributed by atoms with Crippen LogP contribution in [-0.2, 0) is 24.3 Å². The van der Waals surface area contributed by atoms with Crippen molar-refractivity contribution in [3.63, 3.8) is 0 Å². The van der Waals surface area contributed by atoms with Gasteiger partial charge in [0.15, 0.2) is 0 Å². The molecular formula is C20H26N4O. The molecule has 1 aromatic heterocycles. The molecule has 1 fully saturated rings. The predicted molar refractivity (Wildman–Crippen MR) is 96.9 cm³/mol. The van der Waals surface area contributed by atoms with Crippen LogP contribution in [0.25, 0.3) is 0 Å². The molecule has 5 heteroatoms. The molecule has 2 aliphatic rings. The molecule has 5 nitrogen and oxygen atoms in total. The van der Waals surface area contributed by atoms with Gasteiger partial charge >= 0.3 is 0 Å². The van der Waals surface area contributed by atoms with Crippen LogP contribution in [0.1, 0.15) is 30.9 Å². The molecule has 0 unspecified atom stereocenters. The molecule has 0 bridgehead atoms. The molecule has 2 aromatic rings. The Morgan fingerprint density at radius 2 is 2.08 bits per heavy atom. The van der Waals surface area contributed by atoms with Gasteiger partial charge in [-0.25, -0.2) is 0 Å². The van der Waals surface area contributed by atoms with Crippen LogP contribution in [0.2, 0.25) is 0 Å². The molecule has 0 spiro atoms. The van der Waals surface area contributed by atoms with Gasteiger partial charge in [-0.1, -0.05) is 24.3 Å². The third-order valence-corrected chi connectivity index (χ3v) is 5.74. The Labute approximate surface area is 149 Å². The summed E-state index contributed by atoms with van der Waals surface area (Å²) in [5.41, 5.74) is 2.98. The minimum atomic E-state index is -0.0890. The highest BCUT2D eigenvalue weighted by Gasteiger charge is 2.43. The van der Waals surface area contributed by atoms with Gasteiger partial charge in [0.1, 0.15) is 0 Å². The fraction of sp³-hybridized carbons (Fsp3) is 0.500. The second-order valence-corrected chi connectivity index (χ2v) is 7.59. The van der Waals surface area contributed by atoms with E-state index in [0.29, 0.717) is 0 Å². The summed E-state index contributed by atoms with van der Waals surface area (Å²) in [5, 5.41) is 7.49. The summed E-state index contributed by atoms with van der Waals surface area (Å²) >= 11 is 0. The van der Waals surface area contributed by atoms with Crippen LogP contribution in [0.4, 0.5) is 0 Å². The van der Waals surface area contributed by atoms with Gasteiger partial charge in [0.05, 0.1) is 6.04 Å². The van der Waals surface area contributed by atoms with Crippen molar-refractivity contribution in [1.29, 1.82) is 0 Å². The van der Waals surface area contributed by atoms with Crippen LogP contribution in [0.5, 0.6) is 0 Å². The number of nitrogens with zero attached hydrogens (tertiary/aromatic N) is 3. The van der Waals surface area contributed by atoms with Crippen LogP contribution in [0, 0.1) is 5.41 Å². The minimum Gasteiger partial charge on any atom is -0.354 e. The maximum absolute atomic E-state index is 12.7. The van der Waals surface area contributed by atoms with Crippen LogP contribution >= 0.6 is 0 Å². The second-order valence-electron chi connectivity index (χ2n) is 7.59. The minimum absolute atomic E-state index is 0.0890. The fourth-order valence-corrected chi connectivity index (χ4v) is 3.74. The normalized spacial score (nSPS) is 19.9. The number of carbonyl (C=O) groups is 1. The van der Waals surface area contributed by atoms with Gasteiger partial charge in [-0.2, -0.15) is 5.10 Å². The number of fused-ring (bicyclic) bond motifs is 1. The van der Waals surface area contributed by atoms with Crippen molar-refractivity contribution in [3.05, 3.63) is 53.9 Å².